The summed E-state index contributed by atoms with van der Waals surface area (Å²) in [7, 11) is 0. The van der Waals surface area contributed by atoms with E-state index in [0.29, 0.717) is 12.2 Å². The van der Waals surface area contributed by atoms with Crippen molar-refractivity contribution in [3.8, 4) is 0 Å². The van der Waals surface area contributed by atoms with Gasteiger partial charge in [0.1, 0.15) is 6.10 Å². The third-order valence-electron chi connectivity index (χ3n) is 2.42. The minimum atomic E-state index is 0.378. The van der Waals surface area contributed by atoms with Gasteiger partial charge in [-0.1, -0.05) is 17.7 Å². The summed E-state index contributed by atoms with van der Waals surface area (Å²) in [5, 5.41) is 0.819. The van der Waals surface area contributed by atoms with Crippen LogP contribution in [0.4, 0.5) is 0 Å². The molecule has 1 fully saturated rings. The molecule has 56 valence electrons. The molecule has 1 heterocycles. The monoisotopic (exact) mass is 166 g/mol. The van der Waals surface area contributed by atoms with E-state index in [1.807, 2.05) is 12.1 Å². The van der Waals surface area contributed by atoms with Crippen LogP contribution in [-0.4, -0.2) is 6.10 Å². The SMILES string of the molecule is Clc1ccc2c(c1)[C@H]1O[C@@H]1C2. The van der Waals surface area contributed by atoms with E-state index in [1.165, 1.54) is 11.1 Å². The van der Waals surface area contributed by atoms with Crippen molar-refractivity contribution in [2.75, 3.05) is 0 Å². The fourth-order valence-corrected chi connectivity index (χ4v) is 1.99. The lowest BCUT2D eigenvalue weighted by Gasteiger charge is -2.00. The fraction of sp³-hybridized carbons (Fsp3) is 0.333. The molecule has 0 unspecified atom stereocenters. The van der Waals surface area contributed by atoms with Crippen LogP contribution in [0.1, 0.15) is 17.2 Å². The first-order valence-corrected chi connectivity index (χ1v) is 4.16. The van der Waals surface area contributed by atoms with Crippen molar-refractivity contribution in [2.45, 2.75) is 18.6 Å². The topological polar surface area (TPSA) is 12.5 Å². The first kappa shape index (κ1) is 6.04. The lowest BCUT2D eigenvalue weighted by Crippen LogP contribution is -1.87. The van der Waals surface area contributed by atoms with Crippen molar-refractivity contribution in [1.82, 2.24) is 0 Å². The van der Waals surface area contributed by atoms with Crippen LogP contribution in [0.3, 0.4) is 0 Å². The molecule has 0 amide bonds. The zero-order valence-corrected chi connectivity index (χ0v) is 6.64. The average molecular weight is 167 g/mol. The van der Waals surface area contributed by atoms with Crippen LogP contribution in [-0.2, 0) is 11.2 Å². The molecule has 0 aromatic heterocycles. The van der Waals surface area contributed by atoms with Gasteiger partial charge in [0, 0.05) is 11.4 Å². The van der Waals surface area contributed by atoms with E-state index in [9.17, 15) is 0 Å². The summed E-state index contributed by atoms with van der Waals surface area (Å²) >= 11 is 5.85. The highest BCUT2D eigenvalue weighted by Crippen LogP contribution is 2.49. The lowest BCUT2D eigenvalue weighted by atomic mass is 10.1. The van der Waals surface area contributed by atoms with Crippen LogP contribution in [0.25, 0.3) is 0 Å². The predicted molar refractivity (Wildman–Crippen MR) is 42.8 cm³/mol. The number of benzene rings is 1. The third kappa shape index (κ3) is 0.754. The number of ether oxygens (including phenoxy) is 1. The summed E-state index contributed by atoms with van der Waals surface area (Å²) < 4.78 is 5.38. The summed E-state index contributed by atoms with van der Waals surface area (Å²) in [5.74, 6) is 0. The number of hydrogen-bond acceptors (Lipinski definition) is 1. The van der Waals surface area contributed by atoms with Crippen molar-refractivity contribution in [3.63, 3.8) is 0 Å². The Morgan fingerprint density at radius 3 is 3.27 bits per heavy atom. The Morgan fingerprint density at radius 2 is 2.36 bits per heavy atom. The molecule has 0 saturated carbocycles. The smallest absolute Gasteiger partial charge is 0.110 e. The van der Waals surface area contributed by atoms with Crippen LogP contribution >= 0.6 is 11.6 Å². The molecular formula is C9H7ClO. The van der Waals surface area contributed by atoms with E-state index >= 15 is 0 Å². The molecule has 0 bridgehead atoms. The molecule has 2 atom stereocenters. The molecule has 1 aliphatic heterocycles. The van der Waals surface area contributed by atoms with Gasteiger partial charge in [0.25, 0.3) is 0 Å². The van der Waals surface area contributed by atoms with Crippen LogP contribution in [0.2, 0.25) is 5.02 Å². The summed E-state index contributed by atoms with van der Waals surface area (Å²) in [6.07, 6.45) is 1.93. The highest BCUT2D eigenvalue weighted by Gasteiger charge is 2.46. The van der Waals surface area contributed by atoms with E-state index in [-0.39, 0.29) is 0 Å². The number of halogens is 1. The lowest BCUT2D eigenvalue weighted by molar-refractivity contribution is 0.361. The molecule has 11 heavy (non-hydrogen) atoms. The molecule has 3 rings (SSSR count). The van der Waals surface area contributed by atoms with E-state index in [2.05, 4.69) is 6.07 Å². The first-order valence-electron chi connectivity index (χ1n) is 3.78. The van der Waals surface area contributed by atoms with Crippen molar-refractivity contribution in [2.24, 2.45) is 0 Å². The van der Waals surface area contributed by atoms with Gasteiger partial charge in [-0.2, -0.15) is 0 Å². The summed E-state index contributed by atoms with van der Waals surface area (Å²) in [4.78, 5) is 0. The molecule has 0 radical (unpaired) electrons. The maximum atomic E-state index is 5.85. The molecule has 1 aromatic carbocycles. The van der Waals surface area contributed by atoms with Gasteiger partial charge in [0.15, 0.2) is 0 Å². The average Bonchev–Trinajstić information content (AvgIpc) is 2.67. The second-order valence-electron chi connectivity index (χ2n) is 3.14. The Balaban J connectivity index is 2.20. The van der Waals surface area contributed by atoms with Crippen molar-refractivity contribution in [3.05, 3.63) is 34.3 Å². The highest BCUT2D eigenvalue weighted by atomic mass is 35.5. The van der Waals surface area contributed by atoms with E-state index in [0.717, 1.165) is 11.4 Å². The normalized spacial score (nSPS) is 31.4. The number of rotatable bonds is 0. The van der Waals surface area contributed by atoms with Gasteiger partial charge >= 0.3 is 0 Å². The van der Waals surface area contributed by atoms with E-state index in [4.69, 9.17) is 16.3 Å². The summed E-state index contributed by atoms with van der Waals surface area (Å²) in [6.45, 7) is 0. The number of hydrogen-bond donors (Lipinski definition) is 0. The predicted octanol–water partition coefficient (Wildman–Crippen LogP) is 2.34. The van der Waals surface area contributed by atoms with Crippen LogP contribution in [0, 0.1) is 0 Å². The Labute approximate surface area is 69.9 Å². The van der Waals surface area contributed by atoms with E-state index in [1.54, 1.807) is 0 Å². The number of epoxide rings is 1. The Kier molecular flexibility index (Phi) is 0.984. The zero-order valence-electron chi connectivity index (χ0n) is 5.88. The van der Waals surface area contributed by atoms with Crippen LogP contribution in [0.15, 0.2) is 18.2 Å². The summed E-state index contributed by atoms with van der Waals surface area (Å²) in [6, 6.07) is 6.08. The van der Waals surface area contributed by atoms with Crippen molar-refractivity contribution < 1.29 is 4.74 Å². The molecular weight excluding hydrogens is 160 g/mol. The fourth-order valence-electron chi connectivity index (χ4n) is 1.80. The van der Waals surface area contributed by atoms with Gasteiger partial charge in [0.2, 0.25) is 0 Å². The standard InChI is InChI=1S/C9H7ClO/c10-6-2-1-5-3-8-9(11-8)7(5)4-6/h1-2,4,8-9H,3H2/t8-,9-/m1/s1. The molecule has 1 aliphatic carbocycles. The third-order valence-corrected chi connectivity index (χ3v) is 2.65. The van der Waals surface area contributed by atoms with Gasteiger partial charge in [0.05, 0.1) is 6.10 Å². The molecule has 1 saturated heterocycles. The molecule has 1 aromatic rings. The Bertz CT molecular complexity index is 321. The van der Waals surface area contributed by atoms with Gasteiger partial charge < -0.3 is 4.74 Å². The summed E-state index contributed by atoms with van der Waals surface area (Å²) in [5.41, 5.74) is 2.72. The maximum Gasteiger partial charge on any atom is 0.110 e. The van der Waals surface area contributed by atoms with Crippen molar-refractivity contribution in [1.29, 1.82) is 0 Å². The van der Waals surface area contributed by atoms with Gasteiger partial charge in [-0.25, -0.2) is 0 Å². The van der Waals surface area contributed by atoms with E-state index < -0.39 is 0 Å². The minimum Gasteiger partial charge on any atom is -0.364 e. The second kappa shape index (κ2) is 1.79. The van der Waals surface area contributed by atoms with Crippen LogP contribution < -0.4 is 0 Å². The maximum absolute atomic E-state index is 5.85. The quantitative estimate of drug-likeness (QED) is 0.539. The molecule has 0 spiro atoms. The molecule has 0 N–H and O–H groups in total. The first-order chi connectivity index (χ1) is 5.34. The molecule has 2 aliphatic rings. The minimum absolute atomic E-state index is 0.378. The molecule has 1 nitrogen and oxygen atoms in total. The Morgan fingerprint density at radius 1 is 1.45 bits per heavy atom. The zero-order chi connectivity index (χ0) is 7.42. The Hall–Kier alpha value is -0.530. The number of fused-ring (bicyclic) bond motifs is 3. The molecule has 2 heteroatoms. The largest absolute Gasteiger partial charge is 0.364 e. The van der Waals surface area contributed by atoms with Gasteiger partial charge in [-0.3, -0.25) is 0 Å². The highest BCUT2D eigenvalue weighted by molar-refractivity contribution is 6.30. The van der Waals surface area contributed by atoms with Crippen LogP contribution in [0.5, 0.6) is 0 Å². The second-order valence-corrected chi connectivity index (χ2v) is 3.58. The van der Waals surface area contributed by atoms with Gasteiger partial charge in [-0.05, 0) is 23.3 Å². The van der Waals surface area contributed by atoms with Gasteiger partial charge in [-0.15, -0.1) is 0 Å². The van der Waals surface area contributed by atoms with Crippen molar-refractivity contribution >= 4 is 11.6 Å².